The van der Waals surface area contributed by atoms with Gasteiger partial charge >= 0.3 is 0 Å². The van der Waals surface area contributed by atoms with Gasteiger partial charge in [-0.2, -0.15) is 5.10 Å². The number of carbonyl (C=O) groups excluding carboxylic acids is 2. The van der Waals surface area contributed by atoms with Gasteiger partial charge in [0.25, 0.3) is 5.91 Å². The molecule has 3 heterocycles. The summed E-state index contributed by atoms with van der Waals surface area (Å²) in [6, 6.07) is -0.261. The molecule has 4 rings (SSSR count). The van der Waals surface area contributed by atoms with Crippen molar-refractivity contribution < 1.29 is 9.59 Å². The van der Waals surface area contributed by atoms with Crippen molar-refractivity contribution in [2.75, 3.05) is 11.4 Å². The number of rotatable bonds is 4. The van der Waals surface area contributed by atoms with E-state index in [1.807, 2.05) is 20.8 Å². The normalized spacial score (nSPS) is 22.8. The van der Waals surface area contributed by atoms with E-state index in [4.69, 9.17) is 5.73 Å². The number of hydrogen-bond donors (Lipinski definition) is 1. The summed E-state index contributed by atoms with van der Waals surface area (Å²) < 4.78 is 1.53. The highest BCUT2D eigenvalue weighted by molar-refractivity contribution is 5.99. The second-order valence-corrected chi connectivity index (χ2v) is 6.83. The molecule has 2 fully saturated rings. The fraction of sp³-hybridized carbons (Fsp3) is 0.500. The van der Waals surface area contributed by atoms with E-state index in [-0.39, 0.29) is 23.6 Å². The van der Waals surface area contributed by atoms with Crippen molar-refractivity contribution in [1.29, 1.82) is 0 Å². The minimum absolute atomic E-state index is 0.104. The Morgan fingerprint density at radius 2 is 2.04 bits per heavy atom. The van der Waals surface area contributed by atoms with E-state index < -0.39 is 5.91 Å². The molecular weight excluding hydrogens is 322 g/mol. The third kappa shape index (κ3) is 2.38. The van der Waals surface area contributed by atoms with Gasteiger partial charge in [0.15, 0.2) is 11.5 Å². The molecule has 1 aliphatic heterocycles. The molecule has 25 heavy (non-hydrogen) atoms. The molecule has 0 unspecified atom stereocenters. The number of carbonyl (C=O) groups is 2. The van der Waals surface area contributed by atoms with Gasteiger partial charge in [0, 0.05) is 12.5 Å². The average molecular weight is 341 g/mol. The van der Waals surface area contributed by atoms with Gasteiger partial charge in [-0.15, -0.1) is 10.2 Å². The number of primary amides is 1. The number of aromatic nitrogens is 5. The van der Waals surface area contributed by atoms with Crippen LogP contribution in [0.3, 0.4) is 0 Å². The number of nitrogens with two attached hydrogens (primary N) is 1. The van der Waals surface area contributed by atoms with Crippen LogP contribution in [0.5, 0.6) is 0 Å². The lowest BCUT2D eigenvalue weighted by Crippen LogP contribution is -2.30. The average Bonchev–Trinajstić information content (AvgIpc) is 3.03. The van der Waals surface area contributed by atoms with Gasteiger partial charge in [-0.25, -0.2) is 4.68 Å². The van der Waals surface area contributed by atoms with E-state index >= 15 is 0 Å². The van der Waals surface area contributed by atoms with Crippen LogP contribution in [0.2, 0.25) is 0 Å². The Morgan fingerprint density at radius 1 is 1.28 bits per heavy atom. The molecule has 2 amide bonds. The van der Waals surface area contributed by atoms with Crippen LogP contribution >= 0.6 is 0 Å². The Bertz CT molecular complexity index is 891. The Hall–Kier alpha value is -2.84. The van der Waals surface area contributed by atoms with Crippen LogP contribution in [-0.2, 0) is 4.79 Å². The molecule has 1 saturated carbocycles. The zero-order valence-electron chi connectivity index (χ0n) is 14.3. The van der Waals surface area contributed by atoms with Gasteiger partial charge in [-0.3, -0.25) is 14.5 Å². The molecule has 3 atom stereocenters. The molecular formula is C16H19N7O2. The number of hydrogen-bond acceptors (Lipinski definition) is 6. The predicted molar refractivity (Wildman–Crippen MR) is 87.8 cm³/mol. The minimum atomic E-state index is -0.626. The Balaban J connectivity index is 1.65. The van der Waals surface area contributed by atoms with E-state index in [0.29, 0.717) is 11.7 Å². The molecule has 0 spiro atoms. The second kappa shape index (κ2) is 5.33. The lowest BCUT2D eigenvalue weighted by molar-refractivity contribution is -0.118. The topological polar surface area (TPSA) is 120 Å². The number of amides is 2. The molecule has 130 valence electrons. The van der Waals surface area contributed by atoms with E-state index in [1.165, 1.54) is 10.9 Å². The molecule has 1 saturated heterocycles. The molecule has 0 radical (unpaired) electrons. The molecule has 9 nitrogen and oxygen atoms in total. The van der Waals surface area contributed by atoms with Gasteiger partial charge in [0.2, 0.25) is 5.91 Å². The maximum Gasteiger partial charge on any atom is 0.270 e. The van der Waals surface area contributed by atoms with Crippen molar-refractivity contribution in [2.24, 2.45) is 17.6 Å². The van der Waals surface area contributed by atoms with Gasteiger partial charge in [0.05, 0.1) is 17.9 Å². The van der Waals surface area contributed by atoms with Gasteiger partial charge in [-0.1, -0.05) is 5.21 Å². The molecule has 2 aromatic rings. The lowest BCUT2D eigenvalue weighted by atomic mass is 10.1. The summed E-state index contributed by atoms with van der Waals surface area (Å²) in [5.41, 5.74) is 7.92. The first kappa shape index (κ1) is 15.7. The van der Waals surface area contributed by atoms with Crippen LogP contribution in [0.4, 0.5) is 5.82 Å². The first-order valence-corrected chi connectivity index (χ1v) is 8.25. The second-order valence-electron chi connectivity index (χ2n) is 6.83. The standard InChI is InChI=1S/C16H19N7O2/c1-7-8(2)15(22-5-10-4-11(10)16(22)25)20-19-13(7)9(3)23-6-12(14(17)24)18-21-23/h6,9-11H,4-5H2,1-3H3,(H2,17,24)/t9-,10-,11-/m1/s1. The highest BCUT2D eigenvalue weighted by atomic mass is 16.2. The fourth-order valence-corrected chi connectivity index (χ4v) is 3.44. The highest BCUT2D eigenvalue weighted by Gasteiger charge is 2.53. The Morgan fingerprint density at radius 3 is 2.64 bits per heavy atom. The summed E-state index contributed by atoms with van der Waals surface area (Å²) in [5, 5.41) is 16.4. The summed E-state index contributed by atoms with van der Waals surface area (Å²) in [6.45, 7) is 6.53. The van der Waals surface area contributed by atoms with Gasteiger partial charge < -0.3 is 5.73 Å². The number of piperidine rings is 1. The van der Waals surface area contributed by atoms with E-state index in [9.17, 15) is 9.59 Å². The smallest absolute Gasteiger partial charge is 0.270 e. The summed E-state index contributed by atoms with van der Waals surface area (Å²) in [5.74, 6) is 0.836. The first-order valence-electron chi connectivity index (χ1n) is 8.25. The summed E-state index contributed by atoms with van der Waals surface area (Å²) >= 11 is 0. The van der Waals surface area contributed by atoms with Gasteiger partial charge in [0.1, 0.15) is 0 Å². The van der Waals surface area contributed by atoms with Crippen LogP contribution in [-0.4, -0.2) is 43.6 Å². The maximum absolute atomic E-state index is 12.3. The Labute approximate surface area is 144 Å². The minimum Gasteiger partial charge on any atom is -0.364 e. The maximum atomic E-state index is 12.3. The molecule has 1 aliphatic carbocycles. The SMILES string of the molecule is Cc1c([C@@H](C)n2cc(C(N)=O)nn2)nnc(N2C[C@H]3C[C@H]3C2=O)c1C. The number of nitrogens with zero attached hydrogens (tertiary/aromatic N) is 6. The molecule has 2 aromatic heterocycles. The summed E-state index contributed by atoms with van der Waals surface area (Å²) in [7, 11) is 0. The number of anilines is 1. The van der Waals surface area contributed by atoms with Crippen LogP contribution in [0.15, 0.2) is 6.20 Å². The molecule has 0 bridgehead atoms. The predicted octanol–water partition coefficient (Wildman–Crippen LogP) is 0.376. The zero-order chi connectivity index (χ0) is 17.9. The molecule has 2 N–H and O–H groups in total. The fourth-order valence-electron chi connectivity index (χ4n) is 3.44. The largest absolute Gasteiger partial charge is 0.364 e. The third-order valence-electron chi connectivity index (χ3n) is 5.27. The first-order chi connectivity index (χ1) is 11.9. The van der Waals surface area contributed by atoms with E-state index in [0.717, 1.165) is 29.8 Å². The number of fused-ring (bicyclic) bond motifs is 1. The van der Waals surface area contributed by atoms with Crippen LogP contribution in [0.25, 0.3) is 0 Å². The summed E-state index contributed by atoms with van der Waals surface area (Å²) in [4.78, 5) is 25.3. The quantitative estimate of drug-likeness (QED) is 0.858. The van der Waals surface area contributed by atoms with Gasteiger partial charge in [-0.05, 0) is 44.2 Å². The van der Waals surface area contributed by atoms with Crippen molar-refractivity contribution in [3.63, 3.8) is 0 Å². The highest BCUT2D eigenvalue weighted by Crippen LogP contribution is 2.47. The van der Waals surface area contributed by atoms with Crippen LogP contribution < -0.4 is 10.6 Å². The third-order valence-corrected chi connectivity index (χ3v) is 5.27. The van der Waals surface area contributed by atoms with Crippen LogP contribution in [0, 0.1) is 25.7 Å². The Kier molecular flexibility index (Phi) is 3.34. The van der Waals surface area contributed by atoms with Crippen molar-refractivity contribution in [3.05, 3.63) is 28.7 Å². The van der Waals surface area contributed by atoms with Crippen LogP contribution in [0.1, 0.15) is 46.7 Å². The molecule has 9 heteroatoms. The molecule has 2 aliphatic rings. The monoisotopic (exact) mass is 341 g/mol. The summed E-state index contributed by atoms with van der Waals surface area (Å²) in [6.07, 6.45) is 2.50. The van der Waals surface area contributed by atoms with E-state index in [1.54, 1.807) is 4.90 Å². The lowest BCUT2D eigenvalue weighted by Gasteiger charge is -2.22. The zero-order valence-corrected chi connectivity index (χ0v) is 14.3. The van der Waals surface area contributed by atoms with Crippen molar-refractivity contribution in [3.8, 4) is 0 Å². The van der Waals surface area contributed by atoms with Crippen molar-refractivity contribution in [1.82, 2.24) is 25.2 Å². The van der Waals surface area contributed by atoms with Crippen molar-refractivity contribution in [2.45, 2.75) is 33.2 Å². The van der Waals surface area contributed by atoms with Crippen molar-refractivity contribution >= 4 is 17.6 Å². The van der Waals surface area contributed by atoms with E-state index in [2.05, 4.69) is 20.5 Å². The molecule has 0 aromatic carbocycles.